The molecule has 0 bridgehead atoms. The number of carbonyl (C=O) groups is 3. The molecule has 140 valence electrons. The number of rotatable bonds is 5. The van der Waals surface area contributed by atoms with Gasteiger partial charge >= 0.3 is 5.97 Å². The molecule has 1 aliphatic rings. The molecule has 6 nitrogen and oxygen atoms in total. The molecule has 1 aromatic heterocycles. The van der Waals surface area contributed by atoms with Gasteiger partial charge in [0.25, 0.3) is 11.1 Å². The summed E-state index contributed by atoms with van der Waals surface area (Å²) in [5.74, 6) is -1.08. The normalized spacial score (nSPS) is 15.7. The van der Waals surface area contributed by atoms with Gasteiger partial charge in [0.2, 0.25) is 0 Å². The molecule has 2 aromatic rings. The largest absolute Gasteiger partial charge is 0.465 e. The molecule has 0 N–H and O–H groups in total. The number of thioether (sulfide) groups is 1. The van der Waals surface area contributed by atoms with Crippen LogP contribution in [0.3, 0.4) is 0 Å². The molecule has 1 fully saturated rings. The van der Waals surface area contributed by atoms with Crippen molar-refractivity contribution < 1.29 is 19.1 Å². The van der Waals surface area contributed by atoms with Gasteiger partial charge in [-0.1, -0.05) is 17.7 Å². The van der Waals surface area contributed by atoms with Gasteiger partial charge in [0.1, 0.15) is 6.54 Å². The summed E-state index contributed by atoms with van der Waals surface area (Å²) in [4.78, 5) is 37.5. The first-order chi connectivity index (χ1) is 12.9. The third-order valence-corrected chi connectivity index (χ3v) is 5.04. The Hall–Kier alpha value is -2.80. The number of benzene rings is 1. The maximum Gasteiger partial charge on any atom is 0.326 e. The number of ether oxygens (including phenoxy) is 1. The van der Waals surface area contributed by atoms with Gasteiger partial charge < -0.3 is 9.30 Å². The highest BCUT2D eigenvalue weighted by molar-refractivity contribution is 8.18. The lowest BCUT2D eigenvalue weighted by atomic mass is 10.1. The summed E-state index contributed by atoms with van der Waals surface area (Å²) in [6.07, 6.45) is 3.59. The van der Waals surface area contributed by atoms with Gasteiger partial charge in [-0.25, -0.2) is 0 Å². The van der Waals surface area contributed by atoms with Crippen molar-refractivity contribution in [3.8, 4) is 5.69 Å². The molecule has 7 heteroatoms. The molecule has 1 aromatic carbocycles. The number of aromatic nitrogens is 1. The first-order valence-electron chi connectivity index (χ1n) is 8.56. The smallest absolute Gasteiger partial charge is 0.326 e. The summed E-state index contributed by atoms with van der Waals surface area (Å²) < 4.78 is 6.79. The van der Waals surface area contributed by atoms with Crippen molar-refractivity contribution in [3.05, 3.63) is 58.3 Å². The molecular formula is C20H20N2O4S. The quantitative estimate of drug-likeness (QED) is 0.581. The Bertz CT molecular complexity index is 945. The van der Waals surface area contributed by atoms with Gasteiger partial charge in [-0.15, -0.1) is 0 Å². The summed E-state index contributed by atoms with van der Waals surface area (Å²) >= 11 is 0.828. The standard InChI is InChI=1S/C20H20N2O4S/c1-4-26-18(23)12-22-19(24)17(27-20(22)25)11-15-6-5-9-21(15)16-8-7-13(2)10-14(16)3/h5-11H,4,12H2,1-3H3/b17-11+. The fourth-order valence-electron chi connectivity index (χ4n) is 2.91. The van der Waals surface area contributed by atoms with Crippen LogP contribution in [0, 0.1) is 13.8 Å². The zero-order valence-corrected chi connectivity index (χ0v) is 16.2. The van der Waals surface area contributed by atoms with E-state index in [0.717, 1.165) is 33.6 Å². The van der Waals surface area contributed by atoms with Crippen molar-refractivity contribution in [2.24, 2.45) is 0 Å². The third kappa shape index (κ3) is 3.98. The van der Waals surface area contributed by atoms with Crippen LogP contribution in [-0.2, 0) is 14.3 Å². The first-order valence-corrected chi connectivity index (χ1v) is 9.38. The van der Waals surface area contributed by atoms with E-state index in [4.69, 9.17) is 4.74 Å². The second kappa shape index (κ2) is 7.84. The van der Waals surface area contributed by atoms with Crippen LogP contribution in [0.4, 0.5) is 4.79 Å². The summed E-state index contributed by atoms with van der Waals surface area (Å²) in [6.45, 7) is 5.57. The van der Waals surface area contributed by atoms with E-state index in [2.05, 4.69) is 6.07 Å². The van der Waals surface area contributed by atoms with Gasteiger partial charge in [0.15, 0.2) is 0 Å². The van der Waals surface area contributed by atoms with Crippen LogP contribution >= 0.6 is 11.8 Å². The number of imide groups is 1. The number of carbonyl (C=O) groups excluding carboxylic acids is 3. The van der Waals surface area contributed by atoms with E-state index in [0.29, 0.717) is 0 Å². The van der Waals surface area contributed by atoms with E-state index in [1.165, 1.54) is 5.56 Å². The van der Waals surface area contributed by atoms with Gasteiger partial charge in [-0.05, 0) is 62.4 Å². The van der Waals surface area contributed by atoms with E-state index in [-0.39, 0.29) is 18.1 Å². The minimum absolute atomic E-state index is 0.203. The minimum Gasteiger partial charge on any atom is -0.465 e. The van der Waals surface area contributed by atoms with Crippen LogP contribution in [0.1, 0.15) is 23.7 Å². The zero-order valence-electron chi connectivity index (χ0n) is 15.4. The predicted molar refractivity (Wildman–Crippen MR) is 105 cm³/mol. The highest BCUT2D eigenvalue weighted by atomic mass is 32.2. The fourth-order valence-corrected chi connectivity index (χ4v) is 3.74. The lowest BCUT2D eigenvalue weighted by Gasteiger charge is -2.12. The Morgan fingerprint density at radius 3 is 2.70 bits per heavy atom. The predicted octanol–water partition coefficient (Wildman–Crippen LogP) is 3.69. The number of hydrogen-bond donors (Lipinski definition) is 0. The second-order valence-corrected chi connectivity index (χ2v) is 7.16. The highest BCUT2D eigenvalue weighted by Gasteiger charge is 2.36. The van der Waals surface area contributed by atoms with Crippen LogP contribution in [-0.4, -0.2) is 39.7 Å². The summed E-state index contributed by atoms with van der Waals surface area (Å²) in [6, 6.07) is 9.90. The Morgan fingerprint density at radius 1 is 1.22 bits per heavy atom. The van der Waals surface area contributed by atoms with Crippen molar-refractivity contribution in [1.82, 2.24) is 9.47 Å². The summed E-state index contributed by atoms with van der Waals surface area (Å²) in [5.41, 5.74) is 4.06. The summed E-state index contributed by atoms with van der Waals surface area (Å²) in [7, 11) is 0. The Morgan fingerprint density at radius 2 is 2.00 bits per heavy atom. The van der Waals surface area contributed by atoms with E-state index in [1.54, 1.807) is 13.0 Å². The maximum atomic E-state index is 12.5. The molecule has 1 saturated heterocycles. The molecule has 3 rings (SSSR count). The molecule has 1 aliphatic heterocycles. The molecular weight excluding hydrogens is 364 g/mol. The zero-order chi connectivity index (χ0) is 19.6. The Kier molecular flexibility index (Phi) is 5.51. The molecule has 0 saturated carbocycles. The van der Waals surface area contributed by atoms with Gasteiger partial charge in [-0.3, -0.25) is 19.3 Å². The van der Waals surface area contributed by atoms with Crippen molar-refractivity contribution in [3.63, 3.8) is 0 Å². The monoisotopic (exact) mass is 384 g/mol. The lowest BCUT2D eigenvalue weighted by Crippen LogP contribution is -2.34. The SMILES string of the molecule is CCOC(=O)CN1C(=O)S/C(=C/c2cccn2-c2ccc(C)cc2C)C1=O. The topological polar surface area (TPSA) is 68.6 Å². The third-order valence-electron chi connectivity index (χ3n) is 4.14. The number of hydrogen-bond acceptors (Lipinski definition) is 5. The molecule has 0 aliphatic carbocycles. The first kappa shape index (κ1) is 19.0. The van der Waals surface area contributed by atoms with Crippen LogP contribution < -0.4 is 0 Å². The van der Waals surface area contributed by atoms with Crippen LogP contribution in [0.2, 0.25) is 0 Å². The molecule has 27 heavy (non-hydrogen) atoms. The lowest BCUT2D eigenvalue weighted by molar-refractivity contribution is -0.145. The molecule has 2 heterocycles. The van der Waals surface area contributed by atoms with E-state index in [9.17, 15) is 14.4 Å². The highest BCUT2D eigenvalue weighted by Crippen LogP contribution is 2.32. The summed E-state index contributed by atoms with van der Waals surface area (Å²) in [5, 5.41) is -0.469. The van der Waals surface area contributed by atoms with Crippen LogP contribution in [0.25, 0.3) is 11.8 Å². The van der Waals surface area contributed by atoms with E-state index in [1.807, 2.05) is 48.9 Å². The van der Waals surface area contributed by atoms with Gasteiger partial charge in [0.05, 0.1) is 11.5 Å². The van der Waals surface area contributed by atoms with Crippen LogP contribution in [0.15, 0.2) is 41.4 Å². The fraction of sp³-hybridized carbons (Fsp3) is 0.250. The molecule has 2 amide bonds. The Balaban J connectivity index is 1.88. The van der Waals surface area contributed by atoms with E-state index < -0.39 is 17.1 Å². The second-order valence-electron chi connectivity index (χ2n) is 6.17. The number of aryl methyl sites for hydroxylation is 2. The van der Waals surface area contributed by atoms with Gasteiger partial charge in [0, 0.05) is 17.6 Å². The average molecular weight is 384 g/mol. The number of nitrogens with zero attached hydrogens (tertiary/aromatic N) is 2. The number of amides is 2. The van der Waals surface area contributed by atoms with Crippen LogP contribution in [0.5, 0.6) is 0 Å². The van der Waals surface area contributed by atoms with E-state index >= 15 is 0 Å². The van der Waals surface area contributed by atoms with Crippen molar-refractivity contribution in [2.45, 2.75) is 20.8 Å². The van der Waals surface area contributed by atoms with Crippen molar-refractivity contribution in [1.29, 1.82) is 0 Å². The van der Waals surface area contributed by atoms with Crippen molar-refractivity contribution in [2.75, 3.05) is 13.2 Å². The Labute approximate surface area is 161 Å². The molecule has 0 atom stereocenters. The maximum absolute atomic E-state index is 12.5. The molecule has 0 radical (unpaired) electrons. The number of esters is 1. The molecule has 0 spiro atoms. The average Bonchev–Trinajstić information content (AvgIpc) is 3.16. The minimum atomic E-state index is -0.597. The van der Waals surface area contributed by atoms with Gasteiger partial charge in [-0.2, -0.15) is 0 Å². The molecule has 0 unspecified atom stereocenters. The van der Waals surface area contributed by atoms with Crippen molar-refractivity contribution >= 4 is 35.0 Å².